The maximum absolute atomic E-state index is 13.0. The van der Waals surface area contributed by atoms with Crippen molar-refractivity contribution < 1.29 is 27.8 Å². The zero-order valence-electron chi connectivity index (χ0n) is 10.0. The van der Waals surface area contributed by atoms with Gasteiger partial charge in [-0.05, 0) is 18.2 Å². The maximum Gasteiger partial charge on any atom is 0.426 e. The fourth-order valence-corrected chi connectivity index (χ4v) is 2.49. The van der Waals surface area contributed by atoms with Crippen LogP contribution in [-0.2, 0) is 4.79 Å². The van der Waals surface area contributed by atoms with Gasteiger partial charge in [0.05, 0.1) is 0 Å². The number of halogens is 4. The molecule has 1 heterocycles. The second kappa shape index (κ2) is 5.01. The van der Waals surface area contributed by atoms with E-state index in [9.17, 15) is 18.0 Å². The van der Waals surface area contributed by atoms with Crippen LogP contribution in [0.15, 0.2) is 30.9 Å². The summed E-state index contributed by atoms with van der Waals surface area (Å²) < 4.78 is 43.8. The fourth-order valence-electron chi connectivity index (χ4n) is 2.31. The lowest BCUT2D eigenvalue weighted by atomic mass is 9.79. The monoisotopic (exact) mass is 306 g/mol. The van der Waals surface area contributed by atoms with E-state index in [1.165, 1.54) is 24.3 Å². The number of hydrogen-bond acceptors (Lipinski definition) is 2. The number of ether oxygens (including phenoxy) is 1. The lowest BCUT2D eigenvalue weighted by Gasteiger charge is -2.36. The Bertz CT molecular complexity index is 556. The Morgan fingerprint density at radius 1 is 1.45 bits per heavy atom. The maximum atomic E-state index is 13.0. The molecule has 1 aromatic rings. The summed E-state index contributed by atoms with van der Waals surface area (Å²) in [7, 11) is 0. The van der Waals surface area contributed by atoms with Crippen molar-refractivity contribution in [2.75, 3.05) is 0 Å². The molecule has 0 saturated carbocycles. The molecule has 3 atom stereocenters. The fraction of sp³-hybridized carbons (Fsp3) is 0.308. The Kier molecular flexibility index (Phi) is 3.69. The Morgan fingerprint density at radius 3 is 2.60 bits per heavy atom. The van der Waals surface area contributed by atoms with Crippen LogP contribution < -0.4 is 4.74 Å². The standard InChI is InChI=1S/C13H10ClF3O3/c1-2-7-8-5-6(14)3-4-9(8)20-11(13(15,16)17)10(7)12(18)19/h2-5,7,10-11H,1H2,(H,18,19). The van der Waals surface area contributed by atoms with Crippen molar-refractivity contribution in [2.45, 2.75) is 18.2 Å². The second-order valence-corrected chi connectivity index (χ2v) is 4.82. The number of benzene rings is 1. The third-order valence-corrected chi connectivity index (χ3v) is 3.39. The average Bonchev–Trinajstić information content (AvgIpc) is 2.35. The molecule has 1 aliphatic rings. The van der Waals surface area contributed by atoms with Crippen LogP contribution in [-0.4, -0.2) is 23.4 Å². The number of carbonyl (C=O) groups is 1. The normalized spacial score (nSPS) is 25.5. The van der Waals surface area contributed by atoms with Crippen molar-refractivity contribution in [3.8, 4) is 5.75 Å². The number of hydrogen-bond donors (Lipinski definition) is 1. The third-order valence-electron chi connectivity index (χ3n) is 3.16. The molecule has 1 aromatic carbocycles. The molecule has 0 amide bonds. The van der Waals surface area contributed by atoms with Crippen molar-refractivity contribution >= 4 is 17.6 Å². The van der Waals surface area contributed by atoms with Crippen LogP contribution >= 0.6 is 11.6 Å². The van der Waals surface area contributed by atoms with Crippen LogP contribution in [0.4, 0.5) is 13.2 Å². The Morgan fingerprint density at radius 2 is 2.10 bits per heavy atom. The summed E-state index contributed by atoms with van der Waals surface area (Å²) in [6.45, 7) is 3.43. The highest BCUT2D eigenvalue weighted by molar-refractivity contribution is 6.30. The average molecular weight is 307 g/mol. The minimum absolute atomic E-state index is 0.0286. The van der Waals surface area contributed by atoms with Crippen molar-refractivity contribution in [1.82, 2.24) is 0 Å². The molecule has 20 heavy (non-hydrogen) atoms. The summed E-state index contributed by atoms with van der Waals surface area (Å²) in [5.41, 5.74) is 0.292. The van der Waals surface area contributed by atoms with Crippen LogP contribution in [0.2, 0.25) is 5.02 Å². The molecule has 0 aliphatic carbocycles. The number of rotatable bonds is 2. The predicted octanol–water partition coefficient (Wildman–Crippen LogP) is 3.63. The molecule has 0 saturated heterocycles. The van der Waals surface area contributed by atoms with E-state index in [4.69, 9.17) is 21.4 Å². The van der Waals surface area contributed by atoms with Crippen LogP contribution in [0.3, 0.4) is 0 Å². The molecule has 0 fully saturated rings. The van der Waals surface area contributed by atoms with Crippen molar-refractivity contribution in [1.29, 1.82) is 0 Å². The van der Waals surface area contributed by atoms with Gasteiger partial charge in [0.25, 0.3) is 0 Å². The molecule has 2 rings (SSSR count). The van der Waals surface area contributed by atoms with E-state index in [-0.39, 0.29) is 10.8 Å². The quantitative estimate of drug-likeness (QED) is 0.849. The highest BCUT2D eigenvalue weighted by atomic mass is 35.5. The zero-order chi connectivity index (χ0) is 15.1. The van der Waals surface area contributed by atoms with Gasteiger partial charge < -0.3 is 9.84 Å². The van der Waals surface area contributed by atoms with E-state index in [0.29, 0.717) is 5.56 Å². The SMILES string of the molecule is C=CC1c2cc(Cl)ccc2OC(C(F)(F)F)C1C(=O)O. The van der Waals surface area contributed by atoms with Gasteiger partial charge in [0.1, 0.15) is 11.7 Å². The van der Waals surface area contributed by atoms with E-state index >= 15 is 0 Å². The summed E-state index contributed by atoms with van der Waals surface area (Å²) in [5, 5.41) is 9.39. The summed E-state index contributed by atoms with van der Waals surface area (Å²) in [5.74, 6) is -4.44. The number of aliphatic carboxylic acids is 1. The summed E-state index contributed by atoms with van der Waals surface area (Å²) >= 11 is 5.79. The van der Waals surface area contributed by atoms with Crippen LogP contribution in [0.5, 0.6) is 5.75 Å². The first-order chi connectivity index (χ1) is 9.25. The Labute approximate surface area is 117 Å². The first-order valence-corrected chi connectivity index (χ1v) is 6.01. The first kappa shape index (κ1) is 14.7. The van der Waals surface area contributed by atoms with Crippen LogP contribution in [0.1, 0.15) is 11.5 Å². The van der Waals surface area contributed by atoms with Gasteiger partial charge in [-0.1, -0.05) is 17.7 Å². The lowest BCUT2D eigenvalue weighted by molar-refractivity contribution is -0.219. The second-order valence-electron chi connectivity index (χ2n) is 4.39. The third kappa shape index (κ3) is 2.47. The van der Waals surface area contributed by atoms with Gasteiger partial charge in [-0.15, -0.1) is 6.58 Å². The molecular formula is C13H10ClF3O3. The molecule has 1 N–H and O–H groups in total. The molecule has 0 aromatic heterocycles. The smallest absolute Gasteiger partial charge is 0.426 e. The van der Waals surface area contributed by atoms with Crippen molar-refractivity contribution in [3.63, 3.8) is 0 Å². The van der Waals surface area contributed by atoms with Gasteiger partial charge in [0.2, 0.25) is 6.10 Å². The largest absolute Gasteiger partial charge is 0.481 e. The van der Waals surface area contributed by atoms with Crippen LogP contribution in [0.25, 0.3) is 0 Å². The highest BCUT2D eigenvalue weighted by Gasteiger charge is 2.55. The minimum Gasteiger partial charge on any atom is -0.481 e. The molecule has 1 aliphatic heterocycles. The molecule has 0 spiro atoms. The van der Waals surface area contributed by atoms with Gasteiger partial charge >= 0.3 is 12.1 Å². The number of carboxylic acids is 1. The van der Waals surface area contributed by atoms with Crippen LogP contribution in [0, 0.1) is 5.92 Å². The van der Waals surface area contributed by atoms with Gasteiger partial charge in [-0.25, -0.2) is 0 Å². The van der Waals surface area contributed by atoms with E-state index in [1.807, 2.05) is 0 Å². The Balaban J connectivity index is 2.59. The summed E-state index contributed by atoms with van der Waals surface area (Å²) in [4.78, 5) is 11.2. The van der Waals surface area contributed by atoms with Gasteiger partial charge in [-0.2, -0.15) is 13.2 Å². The lowest BCUT2D eigenvalue weighted by Crippen LogP contribution is -2.49. The molecule has 7 heteroatoms. The predicted molar refractivity (Wildman–Crippen MR) is 66.0 cm³/mol. The first-order valence-electron chi connectivity index (χ1n) is 5.64. The van der Waals surface area contributed by atoms with Crippen molar-refractivity contribution in [2.24, 2.45) is 5.92 Å². The number of allylic oxidation sites excluding steroid dienone is 1. The van der Waals surface area contributed by atoms with Gasteiger partial charge in [0.15, 0.2) is 0 Å². The Hall–Kier alpha value is -1.69. The van der Waals surface area contributed by atoms with E-state index in [0.717, 1.165) is 0 Å². The van der Waals surface area contributed by atoms with E-state index < -0.39 is 30.1 Å². The molecule has 3 unspecified atom stereocenters. The molecule has 0 bridgehead atoms. The van der Waals surface area contributed by atoms with Crippen molar-refractivity contribution in [3.05, 3.63) is 41.4 Å². The molecular weight excluding hydrogens is 297 g/mol. The number of carboxylic acid groups (broad SMARTS) is 1. The minimum atomic E-state index is -4.79. The van der Waals surface area contributed by atoms with Gasteiger partial charge in [-0.3, -0.25) is 4.79 Å². The topological polar surface area (TPSA) is 46.5 Å². The summed E-state index contributed by atoms with van der Waals surface area (Å²) in [6.07, 6.45) is -6.03. The van der Waals surface area contributed by atoms with Gasteiger partial charge in [0, 0.05) is 16.5 Å². The molecule has 108 valence electrons. The summed E-state index contributed by atoms with van der Waals surface area (Å²) in [6, 6.07) is 4.08. The highest BCUT2D eigenvalue weighted by Crippen LogP contribution is 2.46. The van der Waals surface area contributed by atoms with E-state index in [1.54, 1.807) is 0 Å². The number of alkyl halides is 3. The zero-order valence-corrected chi connectivity index (χ0v) is 10.8. The number of fused-ring (bicyclic) bond motifs is 1. The van der Waals surface area contributed by atoms with E-state index in [2.05, 4.69) is 6.58 Å². The molecule has 3 nitrogen and oxygen atoms in total. The molecule has 0 radical (unpaired) electrons.